The van der Waals surface area contributed by atoms with Crippen molar-refractivity contribution in [3.63, 3.8) is 0 Å². The predicted molar refractivity (Wildman–Crippen MR) is 103 cm³/mol. The summed E-state index contributed by atoms with van der Waals surface area (Å²) in [5.41, 5.74) is 4.26. The lowest BCUT2D eigenvalue weighted by Crippen LogP contribution is -3.00. The molecule has 7 heteroatoms. The van der Waals surface area contributed by atoms with Crippen LogP contribution in [0.3, 0.4) is 0 Å². The second kappa shape index (κ2) is 9.40. The summed E-state index contributed by atoms with van der Waals surface area (Å²) in [7, 11) is 6.68. The van der Waals surface area contributed by atoms with Gasteiger partial charge < -0.3 is 26.4 Å². The molecule has 0 aliphatic carbocycles. The van der Waals surface area contributed by atoms with E-state index in [2.05, 4.69) is 67.2 Å². The molecule has 0 saturated heterocycles. The molecule has 0 atom stereocenters. The Labute approximate surface area is 165 Å². The highest BCUT2D eigenvalue weighted by molar-refractivity contribution is 7.13. The maximum absolute atomic E-state index is 4.35. The van der Waals surface area contributed by atoms with Gasteiger partial charge in [-0.05, 0) is 44.5 Å². The number of hydrogen-bond donors (Lipinski definition) is 0. The van der Waals surface area contributed by atoms with Gasteiger partial charge in [0.25, 0.3) is 0 Å². The summed E-state index contributed by atoms with van der Waals surface area (Å²) in [4.78, 5) is 6.71. The van der Waals surface area contributed by atoms with Crippen molar-refractivity contribution in [2.45, 2.75) is 20.8 Å². The van der Waals surface area contributed by atoms with E-state index in [0.717, 1.165) is 41.1 Å². The third-order valence-electron chi connectivity index (χ3n) is 3.82. The van der Waals surface area contributed by atoms with Crippen LogP contribution in [-0.4, -0.2) is 50.2 Å². The first-order valence-electron chi connectivity index (χ1n) is 8.28. The summed E-state index contributed by atoms with van der Waals surface area (Å²) < 4.78 is 0.967. The second-order valence-corrected chi connectivity index (χ2v) is 7.87. The molecule has 0 saturated carbocycles. The maximum Gasteiger partial charge on any atom is 0.230 e. The van der Waals surface area contributed by atoms with Crippen molar-refractivity contribution < 1.29 is 21.5 Å². The van der Waals surface area contributed by atoms with E-state index in [4.69, 9.17) is 0 Å². The second-order valence-electron chi connectivity index (χ2n) is 7.04. The van der Waals surface area contributed by atoms with Gasteiger partial charge in [-0.1, -0.05) is 0 Å². The molecule has 0 fully saturated rings. The topological polar surface area (TPSA) is 40.9 Å². The third kappa shape index (κ3) is 6.84. The Morgan fingerprint density at radius 2 is 1.88 bits per heavy atom. The van der Waals surface area contributed by atoms with Gasteiger partial charge in [0.1, 0.15) is 0 Å². The monoisotopic (exact) mass is 425 g/mol. The van der Waals surface area contributed by atoms with E-state index in [1.54, 1.807) is 0 Å². The van der Waals surface area contributed by atoms with Crippen molar-refractivity contribution in [2.24, 2.45) is 10.2 Å². The molecule has 1 aromatic carbocycles. The number of anilines is 1. The summed E-state index contributed by atoms with van der Waals surface area (Å²) >= 11 is 1.51. The van der Waals surface area contributed by atoms with Gasteiger partial charge >= 0.3 is 0 Å². The normalized spacial score (nSPS) is 11.6. The van der Waals surface area contributed by atoms with Crippen LogP contribution in [-0.2, 0) is 0 Å². The molecule has 0 bridgehead atoms. The molecule has 0 unspecified atom stereocenters. The Bertz CT molecular complexity index is 706. The van der Waals surface area contributed by atoms with Crippen molar-refractivity contribution in [3.8, 4) is 0 Å². The lowest BCUT2D eigenvalue weighted by Gasteiger charge is -2.29. The molecule has 0 aliphatic rings. The summed E-state index contributed by atoms with van der Waals surface area (Å²) in [6, 6.07) is 6.37. The van der Waals surface area contributed by atoms with Crippen LogP contribution >= 0.6 is 11.3 Å². The van der Waals surface area contributed by atoms with Crippen LogP contribution in [0, 0.1) is 13.8 Å². The zero-order chi connectivity index (χ0) is 17.7. The van der Waals surface area contributed by atoms with E-state index in [1.807, 2.05) is 18.4 Å². The van der Waals surface area contributed by atoms with Crippen molar-refractivity contribution >= 4 is 27.8 Å². The van der Waals surface area contributed by atoms with Crippen LogP contribution in [0.1, 0.15) is 18.2 Å². The number of nitrogens with zero attached hydrogens (tertiary/aromatic N) is 5. The Balaban J connectivity index is 0.00000312. The number of azo groups is 1. The third-order valence-corrected chi connectivity index (χ3v) is 4.66. The minimum Gasteiger partial charge on any atom is -1.00 e. The lowest BCUT2D eigenvalue weighted by molar-refractivity contribution is -0.868. The molecular formula is C18H28BrN5S. The number of hydrogen-bond acceptors (Lipinski definition) is 5. The molecule has 25 heavy (non-hydrogen) atoms. The molecular weight excluding hydrogens is 398 g/mol. The lowest BCUT2D eigenvalue weighted by atomic mass is 10.1. The summed E-state index contributed by atoms with van der Waals surface area (Å²) in [5.74, 6) is 0. The Hall–Kier alpha value is -1.31. The van der Waals surface area contributed by atoms with Gasteiger partial charge in [0.2, 0.25) is 5.13 Å². The van der Waals surface area contributed by atoms with E-state index < -0.39 is 0 Å². The van der Waals surface area contributed by atoms with Gasteiger partial charge in [-0.2, -0.15) is 0 Å². The van der Waals surface area contributed by atoms with E-state index in [1.165, 1.54) is 17.0 Å². The Kier molecular flexibility index (Phi) is 8.18. The van der Waals surface area contributed by atoms with E-state index in [0.29, 0.717) is 5.13 Å². The number of thiazole rings is 1. The number of rotatable bonds is 7. The van der Waals surface area contributed by atoms with Crippen LogP contribution < -0.4 is 21.9 Å². The first kappa shape index (κ1) is 21.7. The molecule has 0 radical (unpaired) electrons. The van der Waals surface area contributed by atoms with Crippen molar-refractivity contribution in [1.82, 2.24) is 4.98 Å². The fourth-order valence-electron chi connectivity index (χ4n) is 2.32. The number of aryl methyl sites for hydroxylation is 2. The molecule has 1 aromatic heterocycles. The molecule has 2 aromatic rings. The van der Waals surface area contributed by atoms with Gasteiger partial charge in [-0.3, -0.25) is 0 Å². The smallest absolute Gasteiger partial charge is 0.230 e. The highest BCUT2D eigenvalue weighted by Crippen LogP contribution is 2.27. The van der Waals surface area contributed by atoms with Crippen molar-refractivity contribution in [1.29, 1.82) is 0 Å². The summed E-state index contributed by atoms with van der Waals surface area (Å²) in [5, 5.41) is 11.3. The van der Waals surface area contributed by atoms with E-state index >= 15 is 0 Å². The van der Waals surface area contributed by atoms with E-state index in [9.17, 15) is 0 Å². The van der Waals surface area contributed by atoms with Crippen molar-refractivity contribution in [3.05, 3.63) is 34.8 Å². The van der Waals surface area contributed by atoms with Gasteiger partial charge in [0.05, 0.1) is 45.6 Å². The molecule has 0 amide bonds. The molecule has 1 heterocycles. The van der Waals surface area contributed by atoms with Gasteiger partial charge in [0.15, 0.2) is 0 Å². The first-order chi connectivity index (χ1) is 11.3. The SMILES string of the molecule is CCN(CC[N+](C)(C)C)c1ccc(N=Nc2nc(C)cs2)c(C)c1.[Br-]. The predicted octanol–water partition coefficient (Wildman–Crippen LogP) is 1.71. The fraction of sp³-hybridized carbons (Fsp3) is 0.500. The van der Waals surface area contributed by atoms with Crippen molar-refractivity contribution in [2.75, 3.05) is 45.7 Å². The molecule has 0 aliphatic heterocycles. The first-order valence-corrected chi connectivity index (χ1v) is 9.16. The summed E-state index contributed by atoms with van der Waals surface area (Å²) in [6.45, 7) is 9.39. The molecule has 0 spiro atoms. The number of quaternary nitrogens is 1. The minimum absolute atomic E-state index is 0. The Morgan fingerprint density at radius 1 is 1.16 bits per heavy atom. The zero-order valence-corrected chi connectivity index (χ0v) is 18.4. The average molecular weight is 426 g/mol. The summed E-state index contributed by atoms with van der Waals surface area (Å²) in [6.07, 6.45) is 0. The standard InChI is InChI=1S/C18H28N5S.BrH/c1-7-22(10-11-23(4,5)6)16-8-9-17(14(2)12-16)20-21-18-19-15(3)13-24-18;/h8-9,12-13H,7,10-11H2,1-6H3;1H/q+1;/p-1. The zero-order valence-electron chi connectivity index (χ0n) is 16.0. The van der Waals surface area contributed by atoms with Gasteiger partial charge in [-0.25, -0.2) is 4.98 Å². The molecule has 138 valence electrons. The Morgan fingerprint density at radius 3 is 2.40 bits per heavy atom. The van der Waals surface area contributed by atoms with Crippen LogP contribution in [0.15, 0.2) is 33.8 Å². The highest BCUT2D eigenvalue weighted by atomic mass is 79.9. The molecule has 2 rings (SSSR count). The van der Waals surface area contributed by atoms with E-state index in [-0.39, 0.29) is 17.0 Å². The quantitative estimate of drug-likeness (QED) is 0.500. The number of likely N-dealkylation sites (N-methyl/N-ethyl adjacent to an activating group) is 2. The largest absolute Gasteiger partial charge is 1.00 e. The number of aromatic nitrogens is 1. The van der Waals surface area contributed by atoms with Crippen LogP contribution in [0.5, 0.6) is 0 Å². The van der Waals surface area contributed by atoms with Crippen LogP contribution in [0.2, 0.25) is 0 Å². The highest BCUT2D eigenvalue weighted by Gasteiger charge is 2.12. The van der Waals surface area contributed by atoms with Crippen LogP contribution in [0.4, 0.5) is 16.5 Å². The van der Waals surface area contributed by atoms with Gasteiger partial charge in [0, 0.05) is 17.6 Å². The molecule has 0 N–H and O–H groups in total. The van der Waals surface area contributed by atoms with Gasteiger partial charge in [-0.15, -0.1) is 21.6 Å². The average Bonchev–Trinajstić information content (AvgIpc) is 2.91. The minimum atomic E-state index is 0. The number of halogens is 1. The maximum atomic E-state index is 4.35. The molecule has 5 nitrogen and oxygen atoms in total. The number of benzene rings is 1. The van der Waals surface area contributed by atoms with Crippen LogP contribution in [0.25, 0.3) is 0 Å². The fourth-order valence-corrected chi connectivity index (χ4v) is 2.94.